The molecule has 70 valence electrons. The molecule has 0 rings (SSSR count). The molecule has 8 heteroatoms. The monoisotopic (exact) mass is 195 g/mol. The zero-order chi connectivity index (χ0) is 9.99. The van der Waals surface area contributed by atoms with Crippen molar-refractivity contribution < 1.29 is 30.7 Å². The molecule has 12 heavy (non-hydrogen) atoms. The fourth-order valence-corrected chi connectivity index (χ4v) is 0.176. The second-order valence-electron chi connectivity index (χ2n) is 1.50. The van der Waals surface area contributed by atoms with E-state index >= 15 is 0 Å². The van der Waals surface area contributed by atoms with Gasteiger partial charge in [0.2, 0.25) is 0 Å². The van der Waals surface area contributed by atoms with Gasteiger partial charge >= 0.3 is 12.5 Å². The lowest BCUT2D eigenvalue weighted by atomic mass is 10.6. The Morgan fingerprint density at radius 3 is 1.67 bits per heavy atom. The summed E-state index contributed by atoms with van der Waals surface area (Å²) in [6.07, 6.45) is -10.7. The van der Waals surface area contributed by atoms with Crippen LogP contribution in [0.2, 0.25) is 0 Å². The van der Waals surface area contributed by atoms with Gasteiger partial charge in [-0.3, -0.25) is 0 Å². The molecule has 0 fully saturated rings. The predicted molar refractivity (Wildman–Crippen MR) is 24.2 cm³/mol. The summed E-state index contributed by atoms with van der Waals surface area (Å²) in [4.78, 5) is 1.24. The average Bonchev–Trinajstić information content (AvgIpc) is 1.78. The Morgan fingerprint density at radius 1 is 1.00 bits per heavy atom. The average molecular weight is 195 g/mol. The minimum Gasteiger partial charge on any atom is -0.191 e. The highest BCUT2D eigenvalue weighted by atomic mass is 19.4. The maximum atomic E-state index is 11.5. The van der Waals surface area contributed by atoms with Crippen LogP contribution >= 0.6 is 0 Å². The van der Waals surface area contributed by atoms with Crippen LogP contribution in [0, 0.1) is 0 Å². The molecule has 0 spiro atoms. The molecule has 0 saturated carbocycles. The number of rotatable bonds is 0. The van der Waals surface area contributed by atoms with E-state index in [0.717, 1.165) is 0 Å². The van der Waals surface area contributed by atoms with Crippen molar-refractivity contribution >= 4 is 5.87 Å². The molecule has 0 atom stereocenters. The first-order valence-electron chi connectivity index (χ1n) is 2.27. The first kappa shape index (κ1) is 11.0. The molecule has 1 nitrogen and oxygen atoms in total. The fraction of sp³-hybridized carbons (Fsp3) is 0.500. The normalized spacial score (nSPS) is 12.2. The van der Waals surface area contributed by atoms with E-state index in [0.29, 0.717) is 0 Å². The molecule has 0 unspecified atom stereocenters. The smallest absolute Gasteiger partial charge is 0.191 e. The van der Waals surface area contributed by atoms with Crippen molar-refractivity contribution in [2.24, 2.45) is 4.99 Å². The van der Waals surface area contributed by atoms with Gasteiger partial charge in [-0.1, -0.05) is 0 Å². The molecule has 0 aromatic rings. The van der Waals surface area contributed by atoms with Gasteiger partial charge in [0.25, 0.3) is 5.83 Å². The van der Waals surface area contributed by atoms with Gasteiger partial charge in [-0.15, -0.1) is 18.2 Å². The van der Waals surface area contributed by atoms with Crippen molar-refractivity contribution in [3.05, 3.63) is 5.83 Å². The second kappa shape index (κ2) is 3.14. The van der Waals surface area contributed by atoms with E-state index in [9.17, 15) is 30.7 Å². The van der Waals surface area contributed by atoms with E-state index in [1.807, 2.05) is 0 Å². The van der Waals surface area contributed by atoms with Crippen molar-refractivity contribution in [1.82, 2.24) is 0 Å². The molecule has 0 radical (unpaired) electrons. The summed E-state index contributed by atoms with van der Waals surface area (Å²) in [5.41, 5.74) is 0. The lowest BCUT2D eigenvalue weighted by Gasteiger charge is -1.98. The van der Waals surface area contributed by atoms with Crippen molar-refractivity contribution in [2.45, 2.75) is 12.5 Å². The van der Waals surface area contributed by atoms with Gasteiger partial charge in [0.05, 0.1) is 0 Å². The van der Waals surface area contributed by atoms with Gasteiger partial charge in [-0.2, -0.15) is 17.6 Å². The van der Waals surface area contributed by atoms with Crippen LogP contribution in [0.25, 0.3) is 0 Å². The zero-order valence-electron chi connectivity index (χ0n) is 5.09. The first-order chi connectivity index (χ1) is 5.13. The third-order valence-electron chi connectivity index (χ3n) is 0.530. The number of hydrogen-bond donors (Lipinski definition) is 0. The number of nitrogens with zero attached hydrogens (tertiary/aromatic N) is 1. The standard InChI is InChI=1S/C4F7N/c5-2(3(6,7)8)1-12-4(9,10)11. The van der Waals surface area contributed by atoms with Gasteiger partial charge in [-0.25, -0.2) is 0 Å². The van der Waals surface area contributed by atoms with Crippen LogP contribution in [0.3, 0.4) is 0 Å². The Labute approximate surface area is 61.2 Å². The minimum absolute atomic E-state index is 0.188. The highest BCUT2D eigenvalue weighted by Gasteiger charge is 2.36. The summed E-state index contributed by atoms with van der Waals surface area (Å²) in [5.74, 6) is -2.83. The van der Waals surface area contributed by atoms with E-state index in [-0.39, 0.29) is 5.87 Å². The van der Waals surface area contributed by atoms with Gasteiger partial charge < -0.3 is 0 Å². The molecule has 0 aromatic carbocycles. The Kier molecular flexibility index (Phi) is 2.87. The third-order valence-corrected chi connectivity index (χ3v) is 0.530. The summed E-state index contributed by atoms with van der Waals surface area (Å²) >= 11 is 0. The summed E-state index contributed by atoms with van der Waals surface area (Å²) in [5, 5.41) is 0. The Bertz CT molecular complexity index is 215. The molecule has 0 heterocycles. The van der Waals surface area contributed by atoms with Crippen LogP contribution < -0.4 is 0 Å². The summed E-state index contributed by atoms with van der Waals surface area (Å²) < 4.78 is 78.0. The van der Waals surface area contributed by atoms with Crippen molar-refractivity contribution in [3.8, 4) is 0 Å². The second-order valence-corrected chi connectivity index (χ2v) is 1.50. The van der Waals surface area contributed by atoms with E-state index in [1.54, 1.807) is 0 Å². The number of aliphatic imine (C=N–C) groups is 1. The maximum absolute atomic E-state index is 11.5. The molecule has 0 aliphatic rings. The predicted octanol–water partition coefficient (Wildman–Crippen LogP) is 2.59. The molecule has 0 aliphatic carbocycles. The number of alkyl halides is 6. The molecule has 0 bridgehead atoms. The van der Waals surface area contributed by atoms with Crippen LogP contribution in [0.4, 0.5) is 30.7 Å². The molecule has 0 N–H and O–H groups in total. The van der Waals surface area contributed by atoms with Gasteiger partial charge in [0.15, 0.2) is 0 Å². The topological polar surface area (TPSA) is 12.4 Å². The molecule has 0 aliphatic heterocycles. The molecular formula is C4F7N. The van der Waals surface area contributed by atoms with Gasteiger partial charge in [-0.05, 0) is 0 Å². The summed E-state index contributed by atoms with van der Waals surface area (Å²) in [6.45, 7) is 0. The largest absolute Gasteiger partial charge is 0.511 e. The molecule has 0 aromatic heterocycles. The van der Waals surface area contributed by atoms with E-state index in [4.69, 9.17) is 0 Å². The van der Waals surface area contributed by atoms with Crippen LogP contribution in [0.15, 0.2) is 10.8 Å². The highest BCUT2D eigenvalue weighted by Crippen LogP contribution is 2.24. The van der Waals surface area contributed by atoms with Crippen molar-refractivity contribution in [2.75, 3.05) is 0 Å². The molecule has 0 saturated heterocycles. The van der Waals surface area contributed by atoms with E-state index < -0.39 is 18.3 Å². The SMILES string of the molecule is FC(=C=NC(F)(F)F)C(F)(F)F. The van der Waals surface area contributed by atoms with Crippen molar-refractivity contribution in [1.29, 1.82) is 0 Å². The Balaban J connectivity index is 4.69. The summed E-state index contributed by atoms with van der Waals surface area (Å²) in [7, 11) is 0. The Morgan fingerprint density at radius 2 is 1.42 bits per heavy atom. The van der Waals surface area contributed by atoms with E-state index in [2.05, 4.69) is 0 Å². The highest BCUT2D eigenvalue weighted by molar-refractivity contribution is 5.56. The van der Waals surface area contributed by atoms with Crippen LogP contribution in [-0.4, -0.2) is 18.3 Å². The third kappa shape index (κ3) is 4.73. The van der Waals surface area contributed by atoms with E-state index in [1.165, 1.54) is 4.99 Å². The number of hydrogen-bond acceptors (Lipinski definition) is 1. The Hall–Kier alpha value is -1.04. The quantitative estimate of drug-likeness (QED) is 0.320. The molecular weight excluding hydrogens is 195 g/mol. The van der Waals surface area contributed by atoms with Crippen molar-refractivity contribution in [3.63, 3.8) is 0 Å². The van der Waals surface area contributed by atoms with Crippen LogP contribution in [-0.2, 0) is 0 Å². The lowest BCUT2D eigenvalue weighted by Crippen LogP contribution is -2.09. The molecule has 0 amide bonds. The van der Waals surface area contributed by atoms with Gasteiger partial charge in [0, 0.05) is 5.87 Å². The van der Waals surface area contributed by atoms with Crippen LogP contribution in [0.5, 0.6) is 0 Å². The van der Waals surface area contributed by atoms with Gasteiger partial charge in [0.1, 0.15) is 0 Å². The zero-order valence-corrected chi connectivity index (χ0v) is 5.09. The van der Waals surface area contributed by atoms with Crippen LogP contribution in [0.1, 0.15) is 0 Å². The fourth-order valence-electron chi connectivity index (χ4n) is 0.176. The number of allylic oxidation sites excluding steroid dienone is 1. The first-order valence-corrected chi connectivity index (χ1v) is 2.27. The number of halogens is 7. The lowest BCUT2D eigenvalue weighted by molar-refractivity contribution is -0.119. The summed E-state index contributed by atoms with van der Waals surface area (Å²) in [6, 6.07) is 0. The minimum atomic E-state index is -5.48. The maximum Gasteiger partial charge on any atom is 0.511 e.